The van der Waals surface area contributed by atoms with Crippen molar-refractivity contribution in [2.45, 2.75) is 0 Å². The molecule has 0 aliphatic carbocycles. The SMILES string of the molecule is COc1ccc(/C=N\NC(=O)c2[nH]ncc2Br)c(OC)c1. The second kappa shape index (κ2) is 6.89. The summed E-state index contributed by atoms with van der Waals surface area (Å²) in [6.07, 6.45) is 2.98. The predicted octanol–water partition coefficient (Wildman–Crippen LogP) is 1.95. The Morgan fingerprint density at radius 3 is 2.86 bits per heavy atom. The van der Waals surface area contributed by atoms with Gasteiger partial charge in [-0.05, 0) is 28.1 Å². The van der Waals surface area contributed by atoms with Gasteiger partial charge < -0.3 is 9.47 Å². The van der Waals surface area contributed by atoms with E-state index in [0.717, 1.165) is 0 Å². The number of ether oxygens (including phenoxy) is 2. The minimum Gasteiger partial charge on any atom is -0.497 e. The first-order valence-electron chi connectivity index (χ1n) is 5.90. The van der Waals surface area contributed by atoms with Crippen LogP contribution in [-0.4, -0.2) is 36.5 Å². The Kier molecular flexibility index (Phi) is 4.94. The van der Waals surface area contributed by atoms with Crippen LogP contribution in [0.5, 0.6) is 11.5 Å². The van der Waals surface area contributed by atoms with Crippen molar-refractivity contribution in [2.24, 2.45) is 5.10 Å². The Bertz CT molecular complexity index is 669. The van der Waals surface area contributed by atoms with E-state index in [2.05, 4.69) is 36.7 Å². The van der Waals surface area contributed by atoms with Crippen LogP contribution < -0.4 is 14.9 Å². The van der Waals surface area contributed by atoms with Crippen molar-refractivity contribution in [3.05, 3.63) is 40.1 Å². The fraction of sp³-hybridized carbons (Fsp3) is 0.154. The third-order valence-electron chi connectivity index (χ3n) is 2.63. The number of amides is 1. The fourth-order valence-corrected chi connectivity index (χ4v) is 1.94. The lowest BCUT2D eigenvalue weighted by Gasteiger charge is -2.06. The molecule has 0 unspecified atom stereocenters. The number of hydrogen-bond donors (Lipinski definition) is 2. The van der Waals surface area contributed by atoms with Crippen LogP contribution in [-0.2, 0) is 0 Å². The number of benzene rings is 1. The number of H-pyrrole nitrogens is 1. The summed E-state index contributed by atoms with van der Waals surface area (Å²) in [5, 5.41) is 10.2. The van der Waals surface area contributed by atoms with Gasteiger partial charge in [0.15, 0.2) is 0 Å². The Hall–Kier alpha value is -2.35. The first-order chi connectivity index (χ1) is 10.2. The molecular formula is C13H13BrN4O3. The van der Waals surface area contributed by atoms with Crippen LogP contribution in [0, 0.1) is 0 Å². The number of aromatic nitrogens is 2. The van der Waals surface area contributed by atoms with E-state index < -0.39 is 5.91 Å². The molecule has 1 heterocycles. The highest BCUT2D eigenvalue weighted by atomic mass is 79.9. The van der Waals surface area contributed by atoms with Gasteiger partial charge in [-0.1, -0.05) is 0 Å². The standard InChI is InChI=1S/C13H13BrN4O3/c1-20-9-4-3-8(11(5-9)21-2)6-15-18-13(19)12-10(14)7-16-17-12/h3-7H,1-2H3,(H,16,17)(H,18,19)/b15-6-. The van der Waals surface area contributed by atoms with E-state index in [1.165, 1.54) is 12.4 Å². The van der Waals surface area contributed by atoms with E-state index in [0.29, 0.717) is 27.2 Å². The molecule has 0 aliphatic heterocycles. The molecule has 0 saturated carbocycles. The molecule has 2 rings (SSSR count). The van der Waals surface area contributed by atoms with Gasteiger partial charge in [-0.2, -0.15) is 10.2 Å². The van der Waals surface area contributed by atoms with Crippen LogP contribution in [0.2, 0.25) is 0 Å². The number of nitrogens with one attached hydrogen (secondary N) is 2. The van der Waals surface area contributed by atoms with Crippen molar-refractivity contribution in [1.29, 1.82) is 0 Å². The molecule has 0 fully saturated rings. The molecule has 2 aromatic rings. The Balaban J connectivity index is 2.08. The van der Waals surface area contributed by atoms with Crippen LogP contribution in [0.4, 0.5) is 0 Å². The molecule has 110 valence electrons. The number of aromatic amines is 1. The van der Waals surface area contributed by atoms with Gasteiger partial charge in [0.1, 0.15) is 17.2 Å². The van der Waals surface area contributed by atoms with Crippen LogP contribution in [0.1, 0.15) is 16.1 Å². The van der Waals surface area contributed by atoms with Gasteiger partial charge in [0.05, 0.1) is 31.1 Å². The molecule has 21 heavy (non-hydrogen) atoms. The molecule has 2 N–H and O–H groups in total. The van der Waals surface area contributed by atoms with Crippen LogP contribution in [0.15, 0.2) is 34.0 Å². The zero-order valence-electron chi connectivity index (χ0n) is 11.4. The van der Waals surface area contributed by atoms with Crippen LogP contribution >= 0.6 is 15.9 Å². The zero-order valence-corrected chi connectivity index (χ0v) is 13.0. The predicted molar refractivity (Wildman–Crippen MR) is 80.9 cm³/mol. The van der Waals surface area contributed by atoms with Crippen molar-refractivity contribution >= 4 is 28.1 Å². The van der Waals surface area contributed by atoms with Crippen LogP contribution in [0.25, 0.3) is 0 Å². The van der Waals surface area contributed by atoms with Crippen molar-refractivity contribution in [2.75, 3.05) is 14.2 Å². The molecule has 0 bridgehead atoms. The summed E-state index contributed by atoms with van der Waals surface area (Å²) in [6.45, 7) is 0. The summed E-state index contributed by atoms with van der Waals surface area (Å²) in [5.41, 5.74) is 3.41. The lowest BCUT2D eigenvalue weighted by molar-refractivity contribution is 0.0949. The minimum absolute atomic E-state index is 0.300. The highest BCUT2D eigenvalue weighted by Crippen LogP contribution is 2.23. The van der Waals surface area contributed by atoms with E-state index in [1.807, 2.05) is 0 Å². The van der Waals surface area contributed by atoms with E-state index in [9.17, 15) is 4.79 Å². The summed E-state index contributed by atoms with van der Waals surface area (Å²) in [6, 6.07) is 5.28. The molecule has 1 aromatic carbocycles. The number of nitrogens with zero attached hydrogens (tertiary/aromatic N) is 2. The quantitative estimate of drug-likeness (QED) is 0.635. The maximum Gasteiger partial charge on any atom is 0.290 e. The monoisotopic (exact) mass is 352 g/mol. The molecule has 1 aromatic heterocycles. The lowest BCUT2D eigenvalue weighted by Crippen LogP contribution is -2.18. The van der Waals surface area contributed by atoms with Gasteiger partial charge in [0.25, 0.3) is 5.91 Å². The van der Waals surface area contributed by atoms with E-state index in [1.54, 1.807) is 32.4 Å². The van der Waals surface area contributed by atoms with E-state index in [-0.39, 0.29) is 0 Å². The summed E-state index contributed by atoms with van der Waals surface area (Å²) in [7, 11) is 3.12. The molecule has 0 radical (unpaired) electrons. The Morgan fingerprint density at radius 2 is 2.24 bits per heavy atom. The third kappa shape index (κ3) is 3.60. The normalized spacial score (nSPS) is 10.6. The largest absolute Gasteiger partial charge is 0.497 e. The molecule has 1 amide bonds. The topological polar surface area (TPSA) is 88.6 Å². The summed E-state index contributed by atoms with van der Waals surface area (Å²) >= 11 is 3.20. The van der Waals surface area contributed by atoms with E-state index in [4.69, 9.17) is 9.47 Å². The molecule has 8 heteroatoms. The summed E-state index contributed by atoms with van der Waals surface area (Å²) < 4.78 is 10.9. The molecule has 0 spiro atoms. The van der Waals surface area contributed by atoms with Gasteiger partial charge in [0, 0.05) is 11.6 Å². The van der Waals surface area contributed by atoms with Crippen molar-refractivity contribution in [3.63, 3.8) is 0 Å². The molecule has 0 aliphatic rings. The Morgan fingerprint density at radius 1 is 1.43 bits per heavy atom. The highest BCUT2D eigenvalue weighted by Gasteiger charge is 2.10. The molecular weight excluding hydrogens is 340 g/mol. The van der Waals surface area contributed by atoms with Crippen molar-refractivity contribution in [1.82, 2.24) is 15.6 Å². The number of hydrogen-bond acceptors (Lipinski definition) is 5. The molecule has 7 nitrogen and oxygen atoms in total. The van der Waals surface area contributed by atoms with Gasteiger partial charge in [-0.3, -0.25) is 9.89 Å². The second-order valence-corrected chi connectivity index (χ2v) is 4.75. The number of halogens is 1. The lowest BCUT2D eigenvalue weighted by atomic mass is 10.2. The van der Waals surface area contributed by atoms with E-state index >= 15 is 0 Å². The summed E-state index contributed by atoms with van der Waals surface area (Å²) in [4.78, 5) is 11.8. The average Bonchev–Trinajstić information content (AvgIpc) is 2.93. The Labute approximate surface area is 129 Å². The smallest absolute Gasteiger partial charge is 0.290 e. The first-order valence-corrected chi connectivity index (χ1v) is 6.69. The number of hydrazone groups is 1. The molecule has 0 atom stereocenters. The van der Waals surface area contributed by atoms with Crippen LogP contribution in [0.3, 0.4) is 0 Å². The van der Waals surface area contributed by atoms with Gasteiger partial charge in [0.2, 0.25) is 0 Å². The molecule has 0 saturated heterocycles. The average molecular weight is 353 g/mol. The number of methoxy groups -OCH3 is 2. The van der Waals surface area contributed by atoms with Crippen molar-refractivity contribution in [3.8, 4) is 11.5 Å². The highest BCUT2D eigenvalue weighted by molar-refractivity contribution is 9.10. The van der Waals surface area contributed by atoms with Gasteiger partial charge in [-0.25, -0.2) is 5.43 Å². The maximum absolute atomic E-state index is 11.8. The second-order valence-electron chi connectivity index (χ2n) is 3.90. The van der Waals surface area contributed by atoms with Gasteiger partial charge >= 0.3 is 0 Å². The number of carbonyl (C=O) groups excluding carboxylic acids is 1. The number of carbonyl (C=O) groups is 1. The minimum atomic E-state index is -0.400. The summed E-state index contributed by atoms with van der Waals surface area (Å²) in [5.74, 6) is 0.868. The van der Waals surface area contributed by atoms with Crippen molar-refractivity contribution < 1.29 is 14.3 Å². The zero-order chi connectivity index (χ0) is 15.2. The maximum atomic E-state index is 11.8. The first kappa shape index (κ1) is 15.0. The van der Waals surface area contributed by atoms with Gasteiger partial charge in [-0.15, -0.1) is 0 Å². The number of rotatable bonds is 5. The third-order valence-corrected chi connectivity index (χ3v) is 3.23. The fourth-order valence-electron chi connectivity index (χ4n) is 1.57.